The van der Waals surface area contributed by atoms with E-state index < -0.39 is 10.0 Å². The highest BCUT2D eigenvalue weighted by Gasteiger charge is 2.28. The van der Waals surface area contributed by atoms with Crippen LogP contribution >= 0.6 is 15.9 Å². The molecule has 0 bridgehead atoms. The van der Waals surface area contributed by atoms with E-state index in [2.05, 4.69) is 15.9 Å². The van der Waals surface area contributed by atoms with Crippen LogP contribution in [-0.4, -0.2) is 54.4 Å². The number of carbonyl (C=O) groups is 1. The molecule has 5 nitrogen and oxygen atoms in total. The molecular formula is C15H20BrFN2O3S. The Balaban J connectivity index is 1.89. The maximum absolute atomic E-state index is 12.9. The van der Waals surface area contributed by atoms with Gasteiger partial charge in [-0.1, -0.05) is 35.0 Å². The largest absolute Gasteiger partial charge is 0.340 e. The van der Waals surface area contributed by atoms with E-state index in [1.165, 1.54) is 16.4 Å². The van der Waals surface area contributed by atoms with Gasteiger partial charge in [0, 0.05) is 32.6 Å². The fourth-order valence-electron chi connectivity index (χ4n) is 2.58. The summed E-state index contributed by atoms with van der Waals surface area (Å²) in [7, 11) is -3.26. The average Bonchev–Trinajstić information content (AvgIpc) is 2.55. The highest BCUT2D eigenvalue weighted by atomic mass is 79.9. The quantitative estimate of drug-likeness (QED) is 0.703. The Morgan fingerprint density at radius 1 is 1.22 bits per heavy atom. The van der Waals surface area contributed by atoms with Gasteiger partial charge in [-0.2, -0.15) is 4.31 Å². The Kier molecular flexibility index (Phi) is 6.16. The molecule has 2 rings (SSSR count). The number of benzene rings is 1. The van der Waals surface area contributed by atoms with E-state index >= 15 is 0 Å². The molecule has 128 valence electrons. The second-order valence-electron chi connectivity index (χ2n) is 5.66. The van der Waals surface area contributed by atoms with E-state index in [1.54, 1.807) is 17.0 Å². The molecule has 1 aliphatic heterocycles. The molecule has 0 spiro atoms. The van der Waals surface area contributed by atoms with E-state index in [-0.39, 0.29) is 22.3 Å². The number of rotatable bonds is 5. The maximum Gasteiger partial charge on any atom is 0.224 e. The standard InChI is InChI=1S/C15H20BrFN2O3S/c1-12(13-2-4-14(17)5-3-13)10-15(20)18-6-8-19(9-7-18)23(21,22)11-16/h2-5,12H,6-11H2,1H3/t12-/m0/s1. The van der Waals surface area contributed by atoms with Gasteiger partial charge in [0.15, 0.2) is 0 Å². The summed E-state index contributed by atoms with van der Waals surface area (Å²) < 4.78 is 37.8. The lowest BCUT2D eigenvalue weighted by Gasteiger charge is -2.34. The van der Waals surface area contributed by atoms with Crippen molar-refractivity contribution in [1.29, 1.82) is 0 Å². The normalized spacial score (nSPS) is 18.0. The van der Waals surface area contributed by atoms with Crippen molar-refractivity contribution in [3.63, 3.8) is 0 Å². The van der Waals surface area contributed by atoms with Crippen LogP contribution in [0.5, 0.6) is 0 Å². The zero-order chi connectivity index (χ0) is 17.0. The summed E-state index contributed by atoms with van der Waals surface area (Å²) >= 11 is 2.98. The fraction of sp³-hybridized carbons (Fsp3) is 0.533. The molecule has 1 saturated heterocycles. The number of piperazine rings is 1. The van der Waals surface area contributed by atoms with Crippen molar-refractivity contribution in [2.45, 2.75) is 19.3 Å². The van der Waals surface area contributed by atoms with Gasteiger partial charge < -0.3 is 4.90 Å². The predicted octanol–water partition coefficient (Wildman–Crippen LogP) is 2.15. The molecule has 0 aromatic heterocycles. The number of halogens is 2. The van der Waals surface area contributed by atoms with E-state index in [1.807, 2.05) is 6.92 Å². The molecule has 0 aliphatic carbocycles. The Morgan fingerprint density at radius 3 is 2.30 bits per heavy atom. The molecule has 1 aromatic rings. The highest BCUT2D eigenvalue weighted by molar-refractivity contribution is 9.10. The molecule has 8 heteroatoms. The van der Waals surface area contributed by atoms with Crippen LogP contribution in [0.2, 0.25) is 0 Å². The monoisotopic (exact) mass is 406 g/mol. The number of nitrogens with zero attached hydrogens (tertiary/aromatic N) is 2. The summed E-state index contributed by atoms with van der Waals surface area (Å²) in [6.45, 7) is 3.38. The first-order valence-electron chi connectivity index (χ1n) is 7.40. The number of hydrogen-bond donors (Lipinski definition) is 0. The molecule has 1 aromatic carbocycles. The highest BCUT2D eigenvalue weighted by Crippen LogP contribution is 2.21. The van der Waals surface area contributed by atoms with Gasteiger partial charge in [0.1, 0.15) is 10.5 Å². The third kappa shape index (κ3) is 4.74. The number of sulfonamides is 1. The first kappa shape index (κ1) is 18.4. The summed E-state index contributed by atoms with van der Waals surface area (Å²) in [6, 6.07) is 6.15. The molecule has 1 amide bonds. The average molecular weight is 407 g/mol. The molecule has 0 N–H and O–H groups in total. The lowest BCUT2D eigenvalue weighted by atomic mass is 9.97. The minimum Gasteiger partial charge on any atom is -0.340 e. The first-order chi connectivity index (χ1) is 10.8. The van der Waals surface area contributed by atoms with Gasteiger partial charge in [-0.25, -0.2) is 12.8 Å². The van der Waals surface area contributed by atoms with E-state index in [4.69, 9.17) is 0 Å². The maximum atomic E-state index is 12.9. The number of hydrogen-bond acceptors (Lipinski definition) is 3. The zero-order valence-electron chi connectivity index (χ0n) is 12.9. The van der Waals surface area contributed by atoms with Crippen molar-refractivity contribution in [3.8, 4) is 0 Å². The molecular weight excluding hydrogens is 387 g/mol. The Labute approximate surface area is 144 Å². The minimum absolute atomic E-state index is 0.00212. The van der Waals surface area contributed by atoms with Crippen LogP contribution in [0.25, 0.3) is 0 Å². The molecule has 1 heterocycles. The van der Waals surface area contributed by atoms with Crippen LogP contribution < -0.4 is 0 Å². The number of alkyl halides is 1. The van der Waals surface area contributed by atoms with Crippen molar-refractivity contribution >= 4 is 31.9 Å². The van der Waals surface area contributed by atoms with Crippen LogP contribution in [0.15, 0.2) is 24.3 Å². The van der Waals surface area contributed by atoms with Crippen LogP contribution in [0.4, 0.5) is 4.39 Å². The predicted molar refractivity (Wildman–Crippen MR) is 90.3 cm³/mol. The third-order valence-corrected chi connectivity index (χ3v) is 7.21. The smallest absolute Gasteiger partial charge is 0.224 e. The van der Waals surface area contributed by atoms with Crippen molar-refractivity contribution < 1.29 is 17.6 Å². The lowest BCUT2D eigenvalue weighted by Crippen LogP contribution is -2.50. The van der Waals surface area contributed by atoms with Crippen molar-refractivity contribution in [2.24, 2.45) is 0 Å². The SMILES string of the molecule is C[C@@H](CC(=O)N1CCN(S(=O)(=O)CBr)CC1)c1ccc(F)cc1. The topological polar surface area (TPSA) is 57.7 Å². The van der Waals surface area contributed by atoms with E-state index in [9.17, 15) is 17.6 Å². The molecule has 1 aliphatic rings. The first-order valence-corrected chi connectivity index (χ1v) is 10.1. The second-order valence-corrected chi connectivity index (χ2v) is 8.93. The minimum atomic E-state index is -3.26. The summed E-state index contributed by atoms with van der Waals surface area (Å²) in [5.74, 6) is -0.304. The van der Waals surface area contributed by atoms with E-state index in [0.29, 0.717) is 32.6 Å². The van der Waals surface area contributed by atoms with Gasteiger partial charge >= 0.3 is 0 Å². The molecule has 1 fully saturated rings. The Bertz CT molecular complexity index is 643. The summed E-state index contributed by atoms with van der Waals surface area (Å²) in [6.07, 6.45) is 0.330. The van der Waals surface area contributed by atoms with Crippen molar-refractivity contribution in [1.82, 2.24) is 9.21 Å². The van der Waals surface area contributed by atoms with Gasteiger partial charge in [-0.15, -0.1) is 0 Å². The molecule has 23 heavy (non-hydrogen) atoms. The second kappa shape index (κ2) is 7.72. The summed E-state index contributed by atoms with van der Waals surface area (Å²) in [5.41, 5.74) is 0.917. The van der Waals surface area contributed by atoms with Crippen LogP contribution in [-0.2, 0) is 14.8 Å². The lowest BCUT2D eigenvalue weighted by molar-refractivity contribution is -0.132. The van der Waals surface area contributed by atoms with Crippen molar-refractivity contribution in [2.75, 3.05) is 30.8 Å². The van der Waals surface area contributed by atoms with E-state index in [0.717, 1.165) is 5.56 Å². The number of carbonyl (C=O) groups excluding carboxylic acids is 1. The van der Waals surface area contributed by atoms with Gasteiger partial charge in [-0.3, -0.25) is 4.79 Å². The molecule has 0 unspecified atom stereocenters. The Morgan fingerprint density at radius 2 is 1.78 bits per heavy atom. The zero-order valence-corrected chi connectivity index (χ0v) is 15.3. The summed E-state index contributed by atoms with van der Waals surface area (Å²) in [5, 5.41) is 0. The van der Waals surface area contributed by atoms with Crippen LogP contribution in [0, 0.1) is 5.82 Å². The summed E-state index contributed by atoms with van der Waals surface area (Å²) in [4.78, 5) is 14.0. The van der Waals surface area contributed by atoms with Crippen LogP contribution in [0.3, 0.4) is 0 Å². The molecule has 0 radical (unpaired) electrons. The van der Waals surface area contributed by atoms with Crippen molar-refractivity contribution in [3.05, 3.63) is 35.6 Å². The van der Waals surface area contributed by atoms with Gasteiger partial charge in [0.05, 0.1) is 0 Å². The Hall–Kier alpha value is -0.990. The van der Waals surface area contributed by atoms with Gasteiger partial charge in [0.2, 0.25) is 15.9 Å². The third-order valence-electron chi connectivity index (χ3n) is 4.04. The van der Waals surface area contributed by atoms with Gasteiger partial charge in [-0.05, 0) is 23.6 Å². The number of amides is 1. The van der Waals surface area contributed by atoms with Crippen LogP contribution in [0.1, 0.15) is 24.8 Å². The van der Waals surface area contributed by atoms with Gasteiger partial charge in [0.25, 0.3) is 0 Å². The molecule has 0 saturated carbocycles. The molecule has 1 atom stereocenters. The fourth-order valence-corrected chi connectivity index (χ4v) is 4.31.